The first-order valence-corrected chi connectivity index (χ1v) is 8.18. The molecule has 0 bridgehead atoms. The lowest BCUT2D eigenvalue weighted by Gasteiger charge is -2.16. The number of hydrogen-bond acceptors (Lipinski definition) is 2. The molecule has 0 heterocycles. The molecule has 1 atom stereocenters. The average molecular weight is 340 g/mol. The molecule has 1 amide bonds. The molecule has 24 heavy (non-hydrogen) atoms. The topological polar surface area (TPSA) is 38.3 Å². The largest absolute Gasteiger partial charge is 0.480 e. The highest BCUT2D eigenvalue weighted by molar-refractivity contribution is 6.31. The van der Waals surface area contributed by atoms with Crippen LogP contribution in [0, 0.1) is 0 Å². The molecule has 0 aromatic heterocycles. The summed E-state index contributed by atoms with van der Waals surface area (Å²) in [5.74, 6) is 0.524. The Morgan fingerprint density at radius 3 is 2.58 bits per heavy atom. The molecule has 1 N–H and O–H groups in total. The van der Waals surface area contributed by atoms with Crippen molar-refractivity contribution in [1.82, 2.24) is 5.32 Å². The minimum atomic E-state index is -0.599. The second-order valence-electron chi connectivity index (χ2n) is 5.55. The quantitative estimate of drug-likeness (QED) is 0.739. The van der Waals surface area contributed by atoms with Crippen molar-refractivity contribution >= 4 is 28.3 Å². The van der Waals surface area contributed by atoms with Gasteiger partial charge in [-0.05, 0) is 30.0 Å². The van der Waals surface area contributed by atoms with Crippen LogP contribution in [-0.4, -0.2) is 12.0 Å². The number of benzene rings is 3. The van der Waals surface area contributed by atoms with Crippen LogP contribution in [0.15, 0.2) is 66.7 Å². The van der Waals surface area contributed by atoms with Crippen molar-refractivity contribution < 1.29 is 9.53 Å². The predicted octanol–water partition coefficient (Wildman–Crippen LogP) is 4.58. The molecule has 0 spiro atoms. The van der Waals surface area contributed by atoms with Gasteiger partial charge in [-0.3, -0.25) is 4.79 Å². The number of hydrogen-bond donors (Lipinski definition) is 1. The van der Waals surface area contributed by atoms with Gasteiger partial charge in [-0.2, -0.15) is 0 Å². The van der Waals surface area contributed by atoms with Crippen LogP contribution in [0.5, 0.6) is 5.75 Å². The Balaban J connectivity index is 1.67. The summed E-state index contributed by atoms with van der Waals surface area (Å²) in [5.41, 5.74) is 0.880. The predicted molar refractivity (Wildman–Crippen MR) is 97.3 cm³/mol. The molecular formula is C20H18ClNO2. The fraction of sp³-hybridized carbons (Fsp3) is 0.150. The van der Waals surface area contributed by atoms with E-state index in [2.05, 4.69) is 5.32 Å². The van der Waals surface area contributed by atoms with Crippen LogP contribution in [0.2, 0.25) is 5.02 Å². The van der Waals surface area contributed by atoms with Crippen molar-refractivity contribution in [3.8, 4) is 5.75 Å². The molecule has 0 unspecified atom stereocenters. The average Bonchev–Trinajstić information content (AvgIpc) is 2.61. The molecule has 3 aromatic rings. The number of nitrogens with one attached hydrogen (secondary N) is 1. The van der Waals surface area contributed by atoms with E-state index in [1.54, 1.807) is 13.0 Å². The highest BCUT2D eigenvalue weighted by atomic mass is 35.5. The molecule has 0 saturated heterocycles. The summed E-state index contributed by atoms with van der Waals surface area (Å²) < 4.78 is 5.86. The summed E-state index contributed by atoms with van der Waals surface area (Å²) in [6.45, 7) is 2.12. The van der Waals surface area contributed by atoms with E-state index in [9.17, 15) is 4.79 Å². The molecule has 3 nitrogen and oxygen atoms in total. The monoisotopic (exact) mass is 339 g/mol. The van der Waals surface area contributed by atoms with Crippen molar-refractivity contribution in [3.05, 3.63) is 77.3 Å². The van der Waals surface area contributed by atoms with Crippen LogP contribution in [-0.2, 0) is 11.3 Å². The molecule has 3 aromatic carbocycles. The summed E-state index contributed by atoms with van der Waals surface area (Å²) >= 11 is 6.10. The van der Waals surface area contributed by atoms with Crippen molar-refractivity contribution in [2.75, 3.05) is 0 Å². The van der Waals surface area contributed by atoms with E-state index in [-0.39, 0.29) is 5.91 Å². The van der Waals surface area contributed by atoms with E-state index >= 15 is 0 Å². The van der Waals surface area contributed by atoms with Gasteiger partial charge in [-0.1, -0.05) is 66.2 Å². The first-order valence-electron chi connectivity index (χ1n) is 7.80. The highest BCUT2D eigenvalue weighted by Gasteiger charge is 2.15. The Kier molecular flexibility index (Phi) is 5.02. The number of carbonyl (C=O) groups excluding carboxylic acids is 1. The summed E-state index contributed by atoms with van der Waals surface area (Å²) in [6.07, 6.45) is -0.599. The minimum absolute atomic E-state index is 0.178. The maximum absolute atomic E-state index is 12.3. The lowest BCUT2D eigenvalue weighted by molar-refractivity contribution is -0.127. The standard InChI is InChI=1S/C20H18ClNO2/c1-14(20(23)22-13-16-8-3-5-11-18(16)21)24-19-12-6-9-15-7-2-4-10-17(15)19/h2-12,14H,13H2,1H3,(H,22,23)/t14-/m0/s1. The molecule has 3 rings (SSSR count). The third kappa shape index (κ3) is 3.69. The summed E-state index contributed by atoms with van der Waals surface area (Å²) in [7, 11) is 0. The maximum Gasteiger partial charge on any atom is 0.261 e. The zero-order valence-corrected chi connectivity index (χ0v) is 14.1. The maximum atomic E-state index is 12.3. The molecule has 4 heteroatoms. The summed E-state index contributed by atoms with van der Waals surface area (Å²) in [6, 6.07) is 21.2. The van der Waals surface area contributed by atoms with Gasteiger partial charge in [-0.25, -0.2) is 0 Å². The first-order chi connectivity index (χ1) is 11.6. The summed E-state index contributed by atoms with van der Waals surface area (Å²) in [4.78, 5) is 12.3. The Labute approximate surface area is 146 Å². The third-order valence-electron chi connectivity index (χ3n) is 3.83. The van der Waals surface area contributed by atoms with E-state index in [1.165, 1.54) is 0 Å². The molecule has 0 aliphatic heterocycles. The molecule has 0 radical (unpaired) electrons. The second kappa shape index (κ2) is 7.37. The zero-order chi connectivity index (χ0) is 16.9. The smallest absolute Gasteiger partial charge is 0.261 e. The lowest BCUT2D eigenvalue weighted by Crippen LogP contribution is -2.36. The summed E-state index contributed by atoms with van der Waals surface area (Å²) in [5, 5.41) is 5.57. The van der Waals surface area contributed by atoms with Gasteiger partial charge in [0.15, 0.2) is 6.10 Å². The lowest BCUT2D eigenvalue weighted by atomic mass is 10.1. The molecule has 0 aliphatic carbocycles. The Morgan fingerprint density at radius 1 is 1.04 bits per heavy atom. The van der Waals surface area contributed by atoms with Crippen LogP contribution in [0.3, 0.4) is 0 Å². The van der Waals surface area contributed by atoms with E-state index in [0.29, 0.717) is 17.3 Å². The Morgan fingerprint density at radius 2 is 1.75 bits per heavy atom. The fourth-order valence-corrected chi connectivity index (χ4v) is 2.71. The van der Waals surface area contributed by atoms with Gasteiger partial charge in [-0.15, -0.1) is 0 Å². The molecule has 0 aliphatic rings. The normalized spacial score (nSPS) is 11.9. The molecular weight excluding hydrogens is 322 g/mol. The first kappa shape index (κ1) is 16.3. The fourth-order valence-electron chi connectivity index (χ4n) is 2.51. The van der Waals surface area contributed by atoms with E-state index < -0.39 is 6.10 Å². The highest BCUT2D eigenvalue weighted by Crippen LogP contribution is 2.26. The molecule has 122 valence electrons. The number of fused-ring (bicyclic) bond motifs is 1. The number of ether oxygens (including phenoxy) is 1. The van der Waals surface area contributed by atoms with Gasteiger partial charge < -0.3 is 10.1 Å². The van der Waals surface area contributed by atoms with Crippen LogP contribution in [0.4, 0.5) is 0 Å². The van der Waals surface area contributed by atoms with Gasteiger partial charge in [0.05, 0.1) is 0 Å². The Hall–Kier alpha value is -2.52. The number of halogens is 1. The molecule has 0 saturated carbocycles. The number of amides is 1. The van der Waals surface area contributed by atoms with Crippen LogP contribution >= 0.6 is 11.6 Å². The second-order valence-corrected chi connectivity index (χ2v) is 5.95. The van der Waals surface area contributed by atoms with E-state index in [4.69, 9.17) is 16.3 Å². The van der Waals surface area contributed by atoms with Gasteiger partial charge in [0.25, 0.3) is 5.91 Å². The van der Waals surface area contributed by atoms with Gasteiger partial charge in [0.2, 0.25) is 0 Å². The van der Waals surface area contributed by atoms with Crippen molar-refractivity contribution in [2.45, 2.75) is 19.6 Å². The van der Waals surface area contributed by atoms with E-state index in [1.807, 2.05) is 60.7 Å². The van der Waals surface area contributed by atoms with Crippen molar-refractivity contribution in [3.63, 3.8) is 0 Å². The number of carbonyl (C=O) groups is 1. The SMILES string of the molecule is C[C@H](Oc1cccc2ccccc12)C(=O)NCc1ccccc1Cl. The van der Waals surface area contributed by atoms with Crippen LogP contribution < -0.4 is 10.1 Å². The third-order valence-corrected chi connectivity index (χ3v) is 4.20. The van der Waals surface area contributed by atoms with Crippen molar-refractivity contribution in [1.29, 1.82) is 0 Å². The van der Waals surface area contributed by atoms with Crippen molar-refractivity contribution in [2.24, 2.45) is 0 Å². The van der Waals surface area contributed by atoms with Gasteiger partial charge >= 0.3 is 0 Å². The minimum Gasteiger partial charge on any atom is -0.480 e. The Bertz CT molecular complexity index is 858. The van der Waals surface area contributed by atoms with Gasteiger partial charge in [0, 0.05) is 17.0 Å². The van der Waals surface area contributed by atoms with Crippen LogP contribution in [0.1, 0.15) is 12.5 Å². The number of rotatable bonds is 5. The zero-order valence-electron chi connectivity index (χ0n) is 13.3. The molecule has 0 fully saturated rings. The van der Waals surface area contributed by atoms with E-state index in [0.717, 1.165) is 16.3 Å². The van der Waals surface area contributed by atoms with Gasteiger partial charge in [0.1, 0.15) is 5.75 Å². The van der Waals surface area contributed by atoms with Crippen LogP contribution in [0.25, 0.3) is 10.8 Å².